The second-order valence-electron chi connectivity index (χ2n) is 3.62. The molecule has 0 fully saturated rings. The van der Waals surface area contributed by atoms with E-state index < -0.39 is 0 Å². The third-order valence-electron chi connectivity index (χ3n) is 2.46. The van der Waals surface area contributed by atoms with Gasteiger partial charge >= 0.3 is 5.97 Å². The van der Waals surface area contributed by atoms with Crippen LogP contribution in [0.2, 0.25) is 0 Å². The average Bonchev–Trinajstić information content (AvgIpc) is 2.35. The van der Waals surface area contributed by atoms with Crippen LogP contribution in [0.1, 0.15) is 5.56 Å². The van der Waals surface area contributed by atoms with Gasteiger partial charge in [-0.05, 0) is 38.9 Å². The number of hydrogen-bond donors (Lipinski definition) is 0. The van der Waals surface area contributed by atoms with E-state index in [-0.39, 0.29) is 12.6 Å². The SMILES string of the molecule is C=C(I)C(=O)OCc1cccc2ccccc12. The maximum absolute atomic E-state index is 11.3. The summed E-state index contributed by atoms with van der Waals surface area (Å²) >= 11 is 1.86. The normalized spacial score (nSPS) is 10.2. The second kappa shape index (κ2) is 5.31. The molecular weight excluding hydrogens is 327 g/mol. The number of fused-ring (bicyclic) bond motifs is 1. The molecule has 0 aliphatic heterocycles. The van der Waals surface area contributed by atoms with Gasteiger partial charge in [0.15, 0.2) is 0 Å². The van der Waals surface area contributed by atoms with E-state index in [9.17, 15) is 4.79 Å². The highest BCUT2D eigenvalue weighted by Crippen LogP contribution is 2.19. The summed E-state index contributed by atoms with van der Waals surface area (Å²) < 4.78 is 5.54. The van der Waals surface area contributed by atoms with Gasteiger partial charge in [-0.2, -0.15) is 0 Å². The Balaban J connectivity index is 2.24. The largest absolute Gasteiger partial charge is 0.457 e. The fourth-order valence-electron chi connectivity index (χ4n) is 1.64. The first-order valence-electron chi connectivity index (χ1n) is 5.16. The van der Waals surface area contributed by atoms with Gasteiger partial charge in [0, 0.05) is 0 Å². The van der Waals surface area contributed by atoms with Gasteiger partial charge in [-0.1, -0.05) is 49.0 Å². The summed E-state index contributed by atoms with van der Waals surface area (Å²) in [4.78, 5) is 11.3. The summed E-state index contributed by atoms with van der Waals surface area (Å²) in [5.74, 6) is -0.362. The molecule has 2 nitrogen and oxygen atoms in total. The molecule has 0 unspecified atom stereocenters. The predicted octanol–water partition coefficient (Wildman–Crippen LogP) is 3.83. The Morgan fingerprint density at radius 1 is 1.18 bits per heavy atom. The number of hydrogen-bond acceptors (Lipinski definition) is 2. The maximum atomic E-state index is 11.3. The zero-order valence-electron chi connectivity index (χ0n) is 9.15. The van der Waals surface area contributed by atoms with Crippen LogP contribution >= 0.6 is 22.6 Å². The first kappa shape index (κ1) is 12.1. The van der Waals surface area contributed by atoms with Gasteiger partial charge in [0.2, 0.25) is 0 Å². The fraction of sp³-hybridized carbons (Fsp3) is 0.0714. The zero-order chi connectivity index (χ0) is 12.3. The fourth-order valence-corrected chi connectivity index (χ4v) is 1.80. The third kappa shape index (κ3) is 2.85. The van der Waals surface area contributed by atoms with Gasteiger partial charge in [-0.25, -0.2) is 4.79 Å². The van der Waals surface area contributed by atoms with Crippen molar-refractivity contribution in [2.45, 2.75) is 6.61 Å². The number of ether oxygens (including phenoxy) is 1. The molecule has 2 aromatic rings. The summed E-state index contributed by atoms with van der Waals surface area (Å²) in [7, 11) is 0. The van der Waals surface area contributed by atoms with Crippen molar-refractivity contribution in [2.75, 3.05) is 0 Å². The van der Waals surface area contributed by atoms with E-state index >= 15 is 0 Å². The summed E-state index contributed by atoms with van der Waals surface area (Å²) in [5.41, 5.74) is 1.01. The van der Waals surface area contributed by atoms with Crippen molar-refractivity contribution >= 4 is 39.3 Å². The van der Waals surface area contributed by atoms with E-state index in [2.05, 4.69) is 6.58 Å². The van der Waals surface area contributed by atoms with Crippen LogP contribution in [-0.2, 0) is 16.1 Å². The molecular formula is C14H11IO2. The molecule has 0 bridgehead atoms. The lowest BCUT2D eigenvalue weighted by Gasteiger charge is -2.07. The molecule has 0 aliphatic rings. The van der Waals surface area contributed by atoms with Gasteiger partial charge in [-0.15, -0.1) is 0 Å². The predicted molar refractivity (Wildman–Crippen MR) is 76.9 cm³/mol. The van der Waals surface area contributed by atoms with Crippen molar-refractivity contribution in [3.8, 4) is 0 Å². The minimum absolute atomic E-state index is 0.280. The molecule has 0 amide bonds. The molecule has 17 heavy (non-hydrogen) atoms. The Kier molecular flexibility index (Phi) is 3.78. The highest BCUT2D eigenvalue weighted by Gasteiger charge is 2.06. The first-order valence-corrected chi connectivity index (χ1v) is 6.24. The summed E-state index contributed by atoms with van der Waals surface area (Å²) in [5, 5.41) is 2.26. The Morgan fingerprint density at radius 2 is 1.88 bits per heavy atom. The van der Waals surface area contributed by atoms with Crippen LogP contribution in [0.15, 0.2) is 52.6 Å². The van der Waals surface area contributed by atoms with E-state index in [1.165, 1.54) is 0 Å². The summed E-state index contributed by atoms with van der Waals surface area (Å²) in [6, 6.07) is 14.0. The zero-order valence-corrected chi connectivity index (χ0v) is 11.3. The van der Waals surface area contributed by atoms with Crippen molar-refractivity contribution in [2.24, 2.45) is 0 Å². The van der Waals surface area contributed by atoms with Crippen molar-refractivity contribution in [1.29, 1.82) is 0 Å². The van der Waals surface area contributed by atoms with Crippen LogP contribution in [0.3, 0.4) is 0 Å². The van der Waals surface area contributed by atoms with E-state index in [1.54, 1.807) is 0 Å². The highest BCUT2D eigenvalue weighted by molar-refractivity contribution is 14.1. The van der Waals surface area contributed by atoms with Crippen LogP contribution in [0.4, 0.5) is 0 Å². The standard InChI is InChI=1S/C14H11IO2/c1-10(15)14(16)17-9-12-7-4-6-11-5-2-3-8-13(11)12/h2-8H,1,9H2. The molecule has 0 radical (unpaired) electrons. The number of benzene rings is 2. The number of carbonyl (C=O) groups excluding carboxylic acids is 1. The molecule has 86 valence electrons. The Labute approximate surface area is 113 Å². The average molecular weight is 338 g/mol. The van der Waals surface area contributed by atoms with Crippen LogP contribution in [-0.4, -0.2) is 5.97 Å². The van der Waals surface area contributed by atoms with Gasteiger partial charge in [0.25, 0.3) is 0 Å². The van der Waals surface area contributed by atoms with Gasteiger partial charge in [0.1, 0.15) is 6.61 Å². The minimum atomic E-state index is -0.362. The van der Waals surface area contributed by atoms with Gasteiger partial charge < -0.3 is 4.74 Å². The number of carbonyl (C=O) groups is 1. The Hall–Kier alpha value is -1.36. The van der Waals surface area contributed by atoms with E-state index in [0.717, 1.165) is 16.3 Å². The molecule has 0 aliphatic carbocycles. The molecule has 0 heterocycles. The van der Waals surface area contributed by atoms with Crippen LogP contribution in [0.25, 0.3) is 10.8 Å². The van der Waals surface area contributed by atoms with Crippen LogP contribution in [0, 0.1) is 0 Å². The first-order chi connectivity index (χ1) is 8.18. The second-order valence-corrected chi connectivity index (χ2v) is 4.92. The lowest BCUT2D eigenvalue weighted by atomic mass is 10.1. The summed E-state index contributed by atoms with van der Waals surface area (Å²) in [6.07, 6.45) is 0. The smallest absolute Gasteiger partial charge is 0.344 e. The van der Waals surface area contributed by atoms with Crippen molar-refractivity contribution in [1.82, 2.24) is 0 Å². The number of halogens is 1. The highest BCUT2D eigenvalue weighted by atomic mass is 127. The molecule has 0 aromatic heterocycles. The molecule has 0 spiro atoms. The quantitative estimate of drug-likeness (QED) is 0.483. The lowest BCUT2D eigenvalue weighted by molar-refractivity contribution is -0.139. The van der Waals surface area contributed by atoms with Crippen molar-refractivity contribution in [3.05, 3.63) is 58.2 Å². The molecule has 2 aromatic carbocycles. The molecule has 3 heteroatoms. The molecule has 0 saturated heterocycles. The molecule has 0 saturated carbocycles. The number of rotatable bonds is 3. The number of esters is 1. The molecule has 2 rings (SSSR count). The van der Waals surface area contributed by atoms with Gasteiger partial charge in [0.05, 0.1) is 3.58 Å². The van der Waals surface area contributed by atoms with Crippen molar-refractivity contribution < 1.29 is 9.53 Å². The van der Waals surface area contributed by atoms with Gasteiger partial charge in [-0.3, -0.25) is 0 Å². The van der Waals surface area contributed by atoms with Crippen molar-refractivity contribution in [3.63, 3.8) is 0 Å². The van der Waals surface area contributed by atoms with Crippen LogP contribution in [0.5, 0.6) is 0 Å². The minimum Gasteiger partial charge on any atom is -0.457 e. The maximum Gasteiger partial charge on any atom is 0.344 e. The monoisotopic (exact) mass is 338 g/mol. The topological polar surface area (TPSA) is 26.3 Å². The molecule has 0 atom stereocenters. The third-order valence-corrected chi connectivity index (χ3v) is 2.90. The van der Waals surface area contributed by atoms with Crippen LogP contribution < -0.4 is 0 Å². The van der Waals surface area contributed by atoms with E-state index in [1.807, 2.05) is 65.1 Å². The Morgan fingerprint density at radius 3 is 2.65 bits per heavy atom. The summed E-state index contributed by atoms with van der Waals surface area (Å²) in [6.45, 7) is 3.82. The lowest BCUT2D eigenvalue weighted by Crippen LogP contribution is -2.03. The van der Waals surface area contributed by atoms with E-state index in [4.69, 9.17) is 4.74 Å². The Bertz CT molecular complexity index is 570. The molecule has 0 N–H and O–H groups in total. The van der Waals surface area contributed by atoms with E-state index in [0.29, 0.717) is 3.58 Å².